The highest BCUT2D eigenvalue weighted by Gasteiger charge is 2.43. The molecule has 5 atom stereocenters. The van der Waals surface area contributed by atoms with Gasteiger partial charge in [-0.3, -0.25) is 9.59 Å². The van der Waals surface area contributed by atoms with Crippen LogP contribution in [0.1, 0.15) is 86.7 Å². The minimum absolute atomic E-state index is 0.0407. The molecule has 3 heterocycles. The van der Waals surface area contributed by atoms with Gasteiger partial charge in [-0.05, 0) is 118 Å². The molecule has 2 bridgehead atoms. The van der Waals surface area contributed by atoms with Gasteiger partial charge in [0.1, 0.15) is 12.4 Å². The number of likely N-dealkylation sites (tertiary alicyclic amines) is 1. The number of fused-ring (bicyclic) bond motifs is 3. The van der Waals surface area contributed by atoms with E-state index in [-0.39, 0.29) is 23.3 Å². The van der Waals surface area contributed by atoms with E-state index in [2.05, 4.69) is 9.62 Å². The van der Waals surface area contributed by atoms with Gasteiger partial charge in [0.2, 0.25) is 15.9 Å². The van der Waals surface area contributed by atoms with E-state index in [9.17, 15) is 18.0 Å². The summed E-state index contributed by atoms with van der Waals surface area (Å²) in [6.45, 7) is 7.16. The standard InChI is InChI=1S/C35H46ClN3O5S/c1-23-7-5-9-31(35(41)38-17-6-18-38)30-14-11-27(30)21-39-16-4-3-8-25-19-29(36)13-10-28(25)22-44-33-15-12-26(20-32(33)39)34(40)37-45(42,43)24(23)2/h10,12-13,15,19-20,23-24,27,30-31H,3-9,11,14,16-18,21-22H2,1-2H3,(H,37,40)/t23-,24+,27-,30+,31-/m0/s1. The molecule has 0 radical (unpaired) electrons. The fourth-order valence-electron chi connectivity index (χ4n) is 7.49. The zero-order chi connectivity index (χ0) is 31.7. The maximum atomic E-state index is 13.7. The molecule has 8 nitrogen and oxygen atoms in total. The van der Waals surface area contributed by atoms with Crippen molar-refractivity contribution in [2.24, 2.45) is 23.7 Å². The summed E-state index contributed by atoms with van der Waals surface area (Å²) < 4.78 is 35.5. The van der Waals surface area contributed by atoms with Crippen molar-refractivity contribution in [3.8, 4) is 5.75 Å². The molecular formula is C35H46ClN3O5S. The normalized spacial score (nSPS) is 29.0. The van der Waals surface area contributed by atoms with Crippen LogP contribution in [0.15, 0.2) is 36.4 Å². The Morgan fingerprint density at radius 1 is 0.933 bits per heavy atom. The molecule has 244 valence electrons. The van der Waals surface area contributed by atoms with Crippen LogP contribution in [0, 0.1) is 23.7 Å². The van der Waals surface area contributed by atoms with Gasteiger partial charge in [-0.15, -0.1) is 0 Å². The van der Waals surface area contributed by atoms with Gasteiger partial charge in [0.25, 0.3) is 5.91 Å². The first-order valence-electron chi connectivity index (χ1n) is 16.7. The Hall–Kier alpha value is -2.78. The van der Waals surface area contributed by atoms with Crippen LogP contribution in [0.25, 0.3) is 0 Å². The first-order chi connectivity index (χ1) is 21.6. The molecule has 2 fully saturated rings. The molecule has 2 amide bonds. The lowest BCUT2D eigenvalue weighted by molar-refractivity contribution is -0.144. The molecule has 2 aromatic rings. The number of hydrogen-bond donors (Lipinski definition) is 1. The predicted octanol–water partition coefficient (Wildman–Crippen LogP) is 6.20. The minimum atomic E-state index is -3.91. The van der Waals surface area contributed by atoms with Crippen LogP contribution in [0.4, 0.5) is 5.69 Å². The van der Waals surface area contributed by atoms with Gasteiger partial charge in [-0.1, -0.05) is 31.0 Å². The summed E-state index contributed by atoms with van der Waals surface area (Å²) in [5, 5.41) is -0.0358. The Bertz CT molecular complexity index is 1530. The molecule has 1 saturated heterocycles. The third kappa shape index (κ3) is 6.99. The fourth-order valence-corrected chi connectivity index (χ4v) is 8.99. The Labute approximate surface area is 272 Å². The second-order valence-corrected chi connectivity index (χ2v) is 16.1. The lowest BCUT2D eigenvalue weighted by Crippen LogP contribution is -2.51. The Morgan fingerprint density at radius 3 is 2.49 bits per heavy atom. The number of hydrogen-bond acceptors (Lipinski definition) is 6. The SMILES string of the molecule is C[C@@H]1[C@@H](C)CCC[C@H](C(=O)N2CCC2)[C@@H]2CC[C@H]2CN2CCCCc3cc(Cl)ccc3COc3ccc(cc32)C(=O)NS1(=O)=O. The largest absolute Gasteiger partial charge is 0.487 e. The average Bonchev–Trinajstić information content (AvgIpc) is 2.99. The van der Waals surface area contributed by atoms with E-state index in [4.69, 9.17) is 16.3 Å². The molecule has 1 aliphatic carbocycles. The zero-order valence-corrected chi connectivity index (χ0v) is 28.0. The van der Waals surface area contributed by atoms with Gasteiger partial charge in [0.05, 0.1) is 10.9 Å². The van der Waals surface area contributed by atoms with Crippen LogP contribution in [0.3, 0.4) is 0 Å². The fraction of sp³-hybridized carbons (Fsp3) is 0.600. The first kappa shape index (κ1) is 32.2. The van der Waals surface area contributed by atoms with E-state index < -0.39 is 21.2 Å². The van der Waals surface area contributed by atoms with Crippen molar-refractivity contribution in [1.29, 1.82) is 0 Å². The summed E-state index contributed by atoms with van der Waals surface area (Å²) in [6, 6.07) is 11.1. The lowest BCUT2D eigenvalue weighted by Gasteiger charge is -2.46. The maximum absolute atomic E-state index is 13.7. The monoisotopic (exact) mass is 655 g/mol. The van der Waals surface area contributed by atoms with Gasteiger partial charge in [0, 0.05) is 42.7 Å². The molecule has 0 aromatic heterocycles. The lowest BCUT2D eigenvalue weighted by atomic mass is 9.65. The first-order valence-corrected chi connectivity index (χ1v) is 18.7. The van der Waals surface area contributed by atoms with E-state index in [0.717, 1.165) is 88.8 Å². The summed E-state index contributed by atoms with van der Waals surface area (Å²) in [6.07, 6.45) is 8.20. The van der Waals surface area contributed by atoms with Crippen LogP contribution in [0.2, 0.25) is 5.02 Å². The van der Waals surface area contributed by atoms with E-state index in [1.165, 1.54) is 5.56 Å². The molecular weight excluding hydrogens is 610 g/mol. The Kier molecular flexibility index (Phi) is 9.67. The molecule has 4 aliphatic rings. The van der Waals surface area contributed by atoms with Gasteiger partial charge < -0.3 is 14.5 Å². The number of anilines is 1. The van der Waals surface area contributed by atoms with E-state index in [1.54, 1.807) is 25.1 Å². The smallest absolute Gasteiger partial charge is 0.264 e. The summed E-state index contributed by atoms with van der Waals surface area (Å²) in [7, 11) is -3.91. The highest BCUT2D eigenvalue weighted by Crippen LogP contribution is 2.45. The summed E-state index contributed by atoms with van der Waals surface area (Å²) in [4.78, 5) is 31.5. The minimum Gasteiger partial charge on any atom is -0.487 e. The van der Waals surface area contributed by atoms with Crippen LogP contribution in [-0.4, -0.2) is 56.6 Å². The summed E-state index contributed by atoms with van der Waals surface area (Å²) in [5.41, 5.74) is 3.34. The number of halogens is 1. The molecule has 3 aliphatic heterocycles. The van der Waals surface area contributed by atoms with Crippen molar-refractivity contribution in [3.05, 3.63) is 58.1 Å². The Balaban J connectivity index is 1.37. The van der Waals surface area contributed by atoms with Crippen LogP contribution in [-0.2, 0) is 27.8 Å². The van der Waals surface area contributed by atoms with Gasteiger partial charge >= 0.3 is 0 Å². The van der Waals surface area contributed by atoms with Crippen LogP contribution < -0.4 is 14.4 Å². The van der Waals surface area contributed by atoms with Crippen molar-refractivity contribution in [3.63, 3.8) is 0 Å². The van der Waals surface area contributed by atoms with Crippen LogP contribution >= 0.6 is 11.6 Å². The number of amides is 2. The number of nitrogens with one attached hydrogen (secondary N) is 1. The van der Waals surface area contributed by atoms with Crippen molar-refractivity contribution < 1.29 is 22.7 Å². The number of ether oxygens (including phenoxy) is 1. The molecule has 10 heteroatoms. The molecule has 1 N–H and O–H groups in total. The Morgan fingerprint density at radius 2 is 1.76 bits per heavy atom. The second-order valence-electron chi connectivity index (χ2n) is 13.7. The number of rotatable bonds is 1. The maximum Gasteiger partial charge on any atom is 0.264 e. The summed E-state index contributed by atoms with van der Waals surface area (Å²) in [5.74, 6) is 0.760. The summed E-state index contributed by atoms with van der Waals surface area (Å²) >= 11 is 6.34. The molecule has 45 heavy (non-hydrogen) atoms. The van der Waals surface area contributed by atoms with Crippen LogP contribution in [0.5, 0.6) is 5.75 Å². The highest BCUT2D eigenvalue weighted by atomic mass is 35.5. The topological polar surface area (TPSA) is 96.0 Å². The zero-order valence-electron chi connectivity index (χ0n) is 26.5. The van der Waals surface area contributed by atoms with Crippen molar-refractivity contribution in [2.45, 2.75) is 83.5 Å². The number of aryl methyl sites for hydroxylation is 1. The quantitative estimate of drug-likeness (QED) is 0.393. The third-order valence-electron chi connectivity index (χ3n) is 10.9. The van der Waals surface area contributed by atoms with E-state index >= 15 is 0 Å². The average molecular weight is 656 g/mol. The molecule has 0 unspecified atom stereocenters. The number of carbonyl (C=O) groups excluding carboxylic acids is 2. The molecule has 0 spiro atoms. The van der Waals surface area contributed by atoms with E-state index in [1.807, 2.05) is 30.0 Å². The van der Waals surface area contributed by atoms with Crippen molar-refractivity contribution >= 4 is 39.1 Å². The number of nitrogens with zero attached hydrogens (tertiary/aromatic N) is 2. The highest BCUT2D eigenvalue weighted by molar-refractivity contribution is 7.90. The van der Waals surface area contributed by atoms with Gasteiger partial charge in [-0.2, -0.15) is 0 Å². The second kappa shape index (κ2) is 13.5. The number of carbonyl (C=O) groups is 2. The predicted molar refractivity (Wildman–Crippen MR) is 177 cm³/mol. The number of benzene rings is 2. The third-order valence-corrected chi connectivity index (χ3v) is 13.0. The molecule has 1 saturated carbocycles. The molecule has 2 aromatic carbocycles. The van der Waals surface area contributed by atoms with Gasteiger partial charge in [-0.25, -0.2) is 13.1 Å². The van der Waals surface area contributed by atoms with Crippen molar-refractivity contribution in [2.75, 3.05) is 31.1 Å². The van der Waals surface area contributed by atoms with Crippen molar-refractivity contribution in [1.82, 2.24) is 9.62 Å². The molecule has 6 rings (SSSR count). The van der Waals surface area contributed by atoms with E-state index in [0.29, 0.717) is 35.6 Å². The number of sulfonamides is 1. The van der Waals surface area contributed by atoms with Gasteiger partial charge in [0.15, 0.2) is 0 Å².